The fraction of sp³-hybridized carbons (Fsp3) is 0.429. The SMILES string of the molecule is COc1cccc2c1[nH]c(=S)n2C(C)C(=O)NC(C)C. The smallest absolute Gasteiger partial charge is 0.243 e. The van der Waals surface area contributed by atoms with Crippen LogP contribution in [0.15, 0.2) is 18.2 Å². The Kier molecular flexibility index (Phi) is 4.13. The number of aromatic amines is 1. The molecule has 1 atom stereocenters. The van der Waals surface area contributed by atoms with Crippen LogP contribution in [0.2, 0.25) is 0 Å². The number of H-pyrrole nitrogens is 1. The number of carbonyl (C=O) groups is 1. The minimum atomic E-state index is -0.384. The highest BCUT2D eigenvalue weighted by atomic mass is 32.1. The lowest BCUT2D eigenvalue weighted by Gasteiger charge is -2.16. The summed E-state index contributed by atoms with van der Waals surface area (Å²) < 4.78 is 7.63. The van der Waals surface area contributed by atoms with Crippen molar-refractivity contribution in [2.45, 2.75) is 32.9 Å². The first-order valence-electron chi connectivity index (χ1n) is 6.53. The maximum atomic E-state index is 12.2. The number of methoxy groups -OCH3 is 1. The molecule has 2 aromatic rings. The number of para-hydroxylation sites is 1. The number of imidazole rings is 1. The number of nitrogens with one attached hydrogen (secondary N) is 2. The minimum absolute atomic E-state index is 0.0557. The number of rotatable bonds is 4. The highest BCUT2D eigenvalue weighted by molar-refractivity contribution is 7.71. The Morgan fingerprint density at radius 2 is 2.10 bits per heavy atom. The summed E-state index contributed by atoms with van der Waals surface area (Å²) in [7, 11) is 1.61. The molecule has 2 N–H and O–H groups in total. The third-order valence-electron chi connectivity index (χ3n) is 3.13. The standard InChI is InChI=1S/C14H19N3O2S/c1-8(2)15-13(18)9(3)17-10-6-5-7-11(19-4)12(10)16-14(17)20/h5-9H,1-4H3,(H,15,18)(H,16,20). The molecular weight excluding hydrogens is 274 g/mol. The zero-order chi connectivity index (χ0) is 14.9. The van der Waals surface area contributed by atoms with E-state index in [2.05, 4.69) is 10.3 Å². The van der Waals surface area contributed by atoms with E-state index in [1.165, 1.54) is 0 Å². The van der Waals surface area contributed by atoms with Gasteiger partial charge in [-0.15, -0.1) is 0 Å². The van der Waals surface area contributed by atoms with E-state index in [1.54, 1.807) is 7.11 Å². The van der Waals surface area contributed by atoms with Crippen LogP contribution in [0.3, 0.4) is 0 Å². The zero-order valence-electron chi connectivity index (χ0n) is 12.1. The molecule has 0 spiro atoms. The van der Waals surface area contributed by atoms with Crippen LogP contribution in [0.5, 0.6) is 5.75 Å². The van der Waals surface area contributed by atoms with E-state index in [0.29, 0.717) is 10.5 Å². The van der Waals surface area contributed by atoms with Crippen LogP contribution in [0.25, 0.3) is 11.0 Å². The molecule has 1 amide bonds. The van der Waals surface area contributed by atoms with E-state index < -0.39 is 0 Å². The van der Waals surface area contributed by atoms with Crippen LogP contribution in [-0.2, 0) is 4.79 Å². The summed E-state index contributed by atoms with van der Waals surface area (Å²) in [4.78, 5) is 15.3. The summed E-state index contributed by atoms with van der Waals surface area (Å²) in [6, 6.07) is 5.37. The van der Waals surface area contributed by atoms with Gasteiger partial charge in [0.2, 0.25) is 5.91 Å². The van der Waals surface area contributed by atoms with Crippen LogP contribution in [0.1, 0.15) is 26.8 Å². The molecule has 0 aliphatic heterocycles. The molecule has 0 aliphatic carbocycles. The number of hydrogen-bond acceptors (Lipinski definition) is 3. The molecule has 6 heteroatoms. The monoisotopic (exact) mass is 293 g/mol. The lowest BCUT2D eigenvalue weighted by Crippen LogP contribution is -2.35. The lowest BCUT2D eigenvalue weighted by atomic mass is 10.2. The lowest BCUT2D eigenvalue weighted by molar-refractivity contribution is -0.124. The van der Waals surface area contributed by atoms with Crippen LogP contribution in [0, 0.1) is 4.77 Å². The maximum Gasteiger partial charge on any atom is 0.243 e. The highest BCUT2D eigenvalue weighted by Crippen LogP contribution is 2.26. The highest BCUT2D eigenvalue weighted by Gasteiger charge is 2.20. The van der Waals surface area contributed by atoms with Crippen molar-refractivity contribution in [3.05, 3.63) is 23.0 Å². The molecular formula is C14H19N3O2S. The van der Waals surface area contributed by atoms with E-state index in [-0.39, 0.29) is 18.0 Å². The Bertz CT molecular complexity index is 687. The van der Waals surface area contributed by atoms with Crippen molar-refractivity contribution in [1.29, 1.82) is 0 Å². The largest absolute Gasteiger partial charge is 0.494 e. The van der Waals surface area contributed by atoms with Gasteiger partial charge in [0.05, 0.1) is 12.6 Å². The van der Waals surface area contributed by atoms with Crippen molar-refractivity contribution >= 4 is 29.2 Å². The van der Waals surface area contributed by atoms with Crippen LogP contribution in [-0.4, -0.2) is 28.6 Å². The fourth-order valence-corrected chi connectivity index (χ4v) is 2.56. The van der Waals surface area contributed by atoms with Gasteiger partial charge in [0.1, 0.15) is 17.3 Å². The molecule has 0 fully saturated rings. The third-order valence-corrected chi connectivity index (χ3v) is 3.43. The van der Waals surface area contributed by atoms with Gasteiger partial charge in [0.15, 0.2) is 4.77 Å². The second-order valence-electron chi connectivity index (χ2n) is 4.99. The van der Waals surface area contributed by atoms with E-state index in [9.17, 15) is 4.79 Å². The first-order chi connectivity index (χ1) is 9.45. The Morgan fingerprint density at radius 1 is 1.40 bits per heavy atom. The van der Waals surface area contributed by atoms with Gasteiger partial charge in [-0.25, -0.2) is 0 Å². The van der Waals surface area contributed by atoms with Gasteiger partial charge < -0.3 is 19.6 Å². The summed E-state index contributed by atoms with van der Waals surface area (Å²) in [5.74, 6) is 0.656. The molecule has 1 aromatic heterocycles. The predicted molar refractivity (Wildman–Crippen MR) is 81.7 cm³/mol. The molecule has 0 saturated carbocycles. The number of fused-ring (bicyclic) bond motifs is 1. The van der Waals surface area contributed by atoms with Gasteiger partial charge >= 0.3 is 0 Å². The molecule has 5 nitrogen and oxygen atoms in total. The maximum absolute atomic E-state index is 12.2. The van der Waals surface area contributed by atoms with Crippen LogP contribution in [0.4, 0.5) is 0 Å². The van der Waals surface area contributed by atoms with E-state index in [0.717, 1.165) is 11.0 Å². The Labute approximate surface area is 122 Å². The zero-order valence-corrected chi connectivity index (χ0v) is 12.9. The Morgan fingerprint density at radius 3 is 2.70 bits per heavy atom. The molecule has 0 radical (unpaired) electrons. The van der Waals surface area contributed by atoms with Crippen LogP contribution >= 0.6 is 12.2 Å². The number of aromatic nitrogens is 2. The van der Waals surface area contributed by atoms with Crippen molar-refractivity contribution in [2.24, 2.45) is 0 Å². The summed E-state index contributed by atoms with van der Waals surface area (Å²) in [5, 5.41) is 2.90. The van der Waals surface area contributed by atoms with Gasteiger partial charge in [0, 0.05) is 6.04 Å². The number of hydrogen-bond donors (Lipinski definition) is 2. The number of benzene rings is 1. The summed E-state index contributed by atoms with van der Waals surface area (Å²) >= 11 is 5.34. The first-order valence-corrected chi connectivity index (χ1v) is 6.94. The van der Waals surface area contributed by atoms with E-state index in [1.807, 2.05) is 43.5 Å². The molecule has 1 unspecified atom stereocenters. The Hall–Kier alpha value is -1.82. The molecule has 108 valence electrons. The minimum Gasteiger partial charge on any atom is -0.494 e. The van der Waals surface area contributed by atoms with Gasteiger partial charge in [-0.1, -0.05) is 6.07 Å². The van der Waals surface area contributed by atoms with Gasteiger partial charge in [-0.05, 0) is 45.1 Å². The molecule has 2 rings (SSSR count). The van der Waals surface area contributed by atoms with Crippen molar-refractivity contribution < 1.29 is 9.53 Å². The second kappa shape index (κ2) is 5.66. The molecule has 0 bridgehead atoms. The van der Waals surface area contributed by atoms with E-state index in [4.69, 9.17) is 17.0 Å². The summed E-state index contributed by atoms with van der Waals surface area (Å²) in [6.45, 7) is 5.70. The molecule has 1 aromatic carbocycles. The van der Waals surface area contributed by atoms with Crippen LogP contribution < -0.4 is 10.1 Å². The van der Waals surface area contributed by atoms with Crippen molar-refractivity contribution in [3.63, 3.8) is 0 Å². The topological polar surface area (TPSA) is 59.0 Å². The average molecular weight is 293 g/mol. The van der Waals surface area contributed by atoms with Crippen molar-refractivity contribution in [1.82, 2.24) is 14.9 Å². The van der Waals surface area contributed by atoms with Gasteiger partial charge in [-0.3, -0.25) is 4.79 Å². The third kappa shape index (κ3) is 2.56. The van der Waals surface area contributed by atoms with Crippen molar-refractivity contribution in [3.8, 4) is 5.75 Å². The number of nitrogens with zero attached hydrogens (tertiary/aromatic N) is 1. The molecule has 0 saturated heterocycles. The van der Waals surface area contributed by atoms with Gasteiger partial charge in [0.25, 0.3) is 0 Å². The average Bonchev–Trinajstić information content (AvgIpc) is 2.72. The molecule has 0 aliphatic rings. The van der Waals surface area contributed by atoms with Crippen molar-refractivity contribution in [2.75, 3.05) is 7.11 Å². The second-order valence-corrected chi connectivity index (χ2v) is 5.38. The van der Waals surface area contributed by atoms with Gasteiger partial charge in [-0.2, -0.15) is 0 Å². The number of ether oxygens (including phenoxy) is 1. The quantitative estimate of drug-likeness (QED) is 0.852. The number of carbonyl (C=O) groups excluding carboxylic acids is 1. The predicted octanol–water partition coefficient (Wildman–Crippen LogP) is 2.79. The number of amides is 1. The molecule has 20 heavy (non-hydrogen) atoms. The molecule has 1 heterocycles. The summed E-state index contributed by atoms with van der Waals surface area (Å²) in [6.07, 6.45) is 0. The normalized spacial score (nSPS) is 12.7. The Balaban J connectivity index is 2.52. The fourth-order valence-electron chi connectivity index (χ4n) is 2.20. The summed E-state index contributed by atoms with van der Waals surface area (Å²) in [5.41, 5.74) is 1.67. The van der Waals surface area contributed by atoms with E-state index >= 15 is 0 Å². The first kappa shape index (κ1) is 14.6.